The molecule has 0 saturated heterocycles. The van der Waals surface area contributed by atoms with Crippen LogP contribution in [-0.4, -0.2) is 122 Å². The maximum atomic E-state index is 11.5. The van der Waals surface area contributed by atoms with Crippen LogP contribution in [0.15, 0.2) is 30.3 Å². The second kappa shape index (κ2) is 12.9. The third kappa shape index (κ3) is 11.6. The first kappa shape index (κ1) is 36.8. The fourth-order valence-corrected chi connectivity index (χ4v) is 5.28. The number of hydrogen-bond acceptors (Lipinski definition) is 16. The van der Waals surface area contributed by atoms with Crippen LogP contribution in [0, 0.1) is 0 Å². The molecule has 0 aliphatic carbocycles. The fraction of sp³-hybridized carbons (Fsp3) is 0.200. The van der Waals surface area contributed by atoms with Gasteiger partial charge in [0, 0.05) is 75.5 Å². The minimum atomic E-state index is -5.40. The predicted octanol–water partition coefficient (Wildman–Crippen LogP) is -1.10. The third-order valence-electron chi connectivity index (χ3n) is 4.47. The molecule has 1 radical (unpaired) electrons. The van der Waals surface area contributed by atoms with Gasteiger partial charge in [0.15, 0.2) is 29.1 Å². The van der Waals surface area contributed by atoms with Gasteiger partial charge in [0.2, 0.25) is 0 Å². The topological polar surface area (TPSA) is 327 Å². The van der Waals surface area contributed by atoms with Crippen LogP contribution in [0.1, 0.15) is 17.2 Å². The molecular formula is C15H14KO21S5. The zero-order valence-corrected chi connectivity index (χ0v) is 27.3. The molecule has 1 heterocycles. The second-order valence-electron chi connectivity index (χ2n) is 7.45. The van der Waals surface area contributed by atoms with Gasteiger partial charge in [-0.05, 0) is 17.7 Å². The van der Waals surface area contributed by atoms with Gasteiger partial charge in [-0.3, -0.25) is 22.8 Å². The van der Waals surface area contributed by atoms with Crippen LogP contribution in [0.2, 0.25) is 0 Å². The summed E-state index contributed by atoms with van der Waals surface area (Å²) in [5, 5.41) is 0. The van der Waals surface area contributed by atoms with Crippen LogP contribution >= 0.6 is 0 Å². The van der Waals surface area contributed by atoms with Crippen molar-refractivity contribution in [3.63, 3.8) is 0 Å². The first-order valence-corrected chi connectivity index (χ1v) is 16.5. The standard InChI is InChI=1S/C15H14O21S5.K/c16-37(17,18)32-8-4-11-9(12(5-8)34-39(22,23)24)6-14(36-41(28,29)30)15(31-11)7-1-2-10(33-38(19,20)21)13(3-7)35-40(25,26)27;/h1-5,14-15H,6H2,(H,16,17,18)(H,19,20,21)(H,22,23,24)(H,25,26,27)(H,28,29,30);/t14-,15+;/m0./s1. The van der Waals surface area contributed by atoms with E-state index in [1.165, 1.54) is 0 Å². The summed E-state index contributed by atoms with van der Waals surface area (Å²) in [4.78, 5) is 0. The molecule has 1 aliphatic rings. The van der Waals surface area contributed by atoms with Crippen LogP contribution in [0.3, 0.4) is 0 Å². The summed E-state index contributed by atoms with van der Waals surface area (Å²) in [6.07, 6.45) is -4.58. The molecule has 0 fully saturated rings. The van der Waals surface area contributed by atoms with E-state index in [-0.39, 0.29) is 51.4 Å². The smallest absolute Gasteiger partial charge is 0.446 e. The molecule has 27 heteroatoms. The predicted molar refractivity (Wildman–Crippen MR) is 131 cm³/mol. The number of benzene rings is 2. The Kier molecular flexibility index (Phi) is 11.3. The molecular weight excluding hydrogens is 716 g/mol. The SMILES string of the molecule is O=S(=O)(O)Oc1cc2c(c(OS(=O)(=O)O)c1)C[C@H](OS(=O)(=O)O)[C@@H](c1ccc(OS(=O)(=O)O)c(OS(=O)(=O)O)c1)O2.[K]. The average Bonchev–Trinajstić information content (AvgIpc) is 2.69. The summed E-state index contributed by atoms with van der Waals surface area (Å²) in [7, 11) is -26.6. The molecule has 0 amide bonds. The minimum Gasteiger partial charge on any atom is -0.482 e. The van der Waals surface area contributed by atoms with Crippen molar-refractivity contribution >= 4 is 103 Å². The minimum absolute atomic E-state index is 0. The van der Waals surface area contributed by atoms with E-state index in [1.54, 1.807) is 0 Å². The summed E-state index contributed by atoms with van der Waals surface area (Å²) in [5.74, 6) is -4.60. The maximum Gasteiger partial charge on any atom is 0.446 e. The van der Waals surface area contributed by atoms with Gasteiger partial charge in [0.05, 0.1) is 0 Å². The van der Waals surface area contributed by atoms with Crippen molar-refractivity contribution in [2.75, 3.05) is 0 Å². The number of hydrogen-bond donors (Lipinski definition) is 5. The van der Waals surface area contributed by atoms with Crippen LogP contribution in [-0.2, 0) is 62.6 Å². The van der Waals surface area contributed by atoms with Gasteiger partial charge in [-0.25, -0.2) is 4.18 Å². The largest absolute Gasteiger partial charge is 0.482 e. The third-order valence-corrected chi connectivity index (χ3v) is 6.53. The van der Waals surface area contributed by atoms with Gasteiger partial charge in [-0.2, -0.15) is 42.1 Å². The van der Waals surface area contributed by atoms with Crippen LogP contribution < -0.4 is 21.5 Å². The van der Waals surface area contributed by atoms with Crippen LogP contribution in [0.4, 0.5) is 0 Å². The molecule has 0 unspecified atom stereocenters. The van der Waals surface area contributed by atoms with Crippen molar-refractivity contribution in [1.29, 1.82) is 0 Å². The number of ether oxygens (including phenoxy) is 1. The Morgan fingerprint density at radius 3 is 1.62 bits per heavy atom. The quantitative estimate of drug-likeness (QED) is 0.135. The molecule has 2 aromatic carbocycles. The Balaban J connectivity index is 0.00000616. The van der Waals surface area contributed by atoms with Gasteiger partial charge in [0.1, 0.15) is 11.9 Å². The summed E-state index contributed by atoms with van der Waals surface area (Å²) in [6, 6.07) is 3.24. The van der Waals surface area contributed by atoms with Crippen LogP contribution in [0.25, 0.3) is 0 Å². The van der Waals surface area contributed by atoms with Crippen LogP contribution in [0.5, 0.6) is 28.7 Å². The summed E-state index contributed by atoms with van der Waals surface area (Å²) in [6.45, 7) is 0. The molecule has 231 valence electrons. The Morgan fingerprint density at radius 1 is 0.619 bits per heavy atom. The molecule has 1 aliphatic heterocycles. The van der Waals surface area contributed by atoms with Crippen molar-refractivity contribution in [2.24, 2.45) is 0 Å². The monoisotopic (exact) mass is 729 g/mol. The number of fused-ring (bicyclic) bond motifs is 1. The second-order valence-corrected chi connectivity index (χ2v) is 12.6. The van der Waals surface area contributed by atoms with E-state index in [9.17, 15) is 46.6 Å². The summed E-state index contributed by atoms with van der Waals surface area (Å²) >= 11 is 0. The Hall–Kier alpha value is -1.41. The van der Waals surface area contributed by atoms with Crippen molar-refractivity contribution in [2.45, 2.75) is 18.6 Å². The molecule has 0 saturated carbocycles. The van der Waals surface area contributed by atoms with Crippen molar-refractivity contribution in [1.82, 2.24) is 0 Å². The van der Waals surface area contributed by atoms with E-state index >= 15 is 0 Å². The number of rotatable bonds is 11. The van der Waals surface area contributed by atoms with E-state index in [1.807, 2.05) is 0 Å². The average molecular weight is 730 g/mol. The molecule has 2 atom stereocenters. The normalized spacial score (nSPS) is 17.6. The van der Waals surface area contributed by atoms with E-state index in [0.717, 1.165) is 6.07 Å². The van der Waals surface area contributed by atoms with Gasteiger partial charge >= 0.3 is 52.0 Å². The molecule has 2 aromatic rings. The molecule has 0 spiro atoms. The molecule has 42 heavy (non-hydrogen) atoms. The van der Waals surface area contributed by atoms with Crippen molar-refractivity contribution in [3.05, 3.63) is 41.5 Å². The molecule has 21 nitrogen and oxygen atoms in total. The maximum absolute atomic E-state index is 11.5. The first-order chi connectivity index (χ1) is 18.4. The Morgan fingerprint density at radius 2 is 1.12 bits per heavy atom. The van der Waals surface area contributed by atoms with Crippen molar-refractivity contribution < 1.29 is 90.5 Å². The fourth-order valence-electron chi connectivity index (χ4n) is 3.37. The van der Waals surface area contributed by atoms with Gasteiger partial charge in [-0.1, -0.05) is 6.07 Å². The molecule has 5 N–H and O–H groups in total. The van der Waals surface area contributed by atoms with E-state index in [2.05, 4.69) is 20.9 Å². The first-order valence-electron chi connectivity index (χ1n) is 9.68. The summed E-state index contributed by atoms with van der Waals surface area (Å²) < 4.78 is 185. The Bertz CT molecular complexity index is 1900. The molecule has 0 bridgehead atoms. The van der Waals surface area contributed by atoms with E-state index < -0.39 is 110 Å². The van der Waals surface area contributed by atoms with E-state index in [0.29, 0.717) is 24.3 Å². The van der Waals surface area contributed by atoms with Crippen molar-refractivity contribution in [3.8, 4) is 28.7 Å². The summed E-state index contributed by atoms with van der Waals surface area (Å²) in [5.41, 5.74) is -0.875. The van der Waals surface area contributed by atoms with Gasteiger partial charge in [-0.15, -0.1) is 0 Å². The van der Waals surface area contributed by atoms with Gasteiger partial charge < -0.3 is 21.5 Å². The zero-order valence-electron chi connectivity index (χ0n) is 20.1. The van der Waals surface area contributed by atoms with Gasteiger partial charge in [0.25, 0.3) is 0 Å². The zero-order chi connectivity index (χ0) is 31.2. The van der Waals surface area contributed by atoms with E-state index in [4.69, 9.17) is 22.9 Å². The Labute approximate surface area is 279 Å². The molecule has 0 aromatic heterocycles. The molecule has 3 rings (SSSR count).